The zero-order chi connectivity index (χ0) is 22.3. The Morgan fingerprint density at radius 1 is 1.12 bits per heavy atom. The van der Waals surface area contributed by atoms with Crippen molar-refractivity contribution in [1.29, 1.82) is 0 Å². The van der Waals surface area contributed by atoms with Crippen molar-refractivity contribution in [2.24, 2.45) is 0 Å². The summed E-state index contributed by atoms with van der Waals surface area (Å²) in [5.41, 5.74) is 2.67. The molecule has 2 N–H and O–H groups in total. The minimum atomic E-state index is -0.159. The van der Waals surface area contributed by atoms with Gasteiger partial charge in [0.1, 0.15) is 17.3 Å². The van der Waals surface area contributed by atoms with E-state index in [-0.39, 0.29) is 11.9 Å². The second-order valence-corrected chi connectivity index (χ2v) is 7.63. The lowest BCUT2D eigenvalue weighted by Gasteiger charge is -2.34. The van der Waals surface area contributed by atoms with E-state index >= 15 is 0 Å². The van der Waals surface area contributed by atoms with Gasteiger partial charge in [0.05, 0.1) is 14.2 Å². The van der Waals surface area contributed by atoms with E-state index in [1.165, 1.54) is 5.56 Å². The predicted octanol–water partition coefficient (Wildman–Crippen LogP) is 3.18. The summed E-state index contributed by atoms with van der Waals surface area (Å²) in [6.45, 7) is 2.82. The average Bonchev–Trinajstić information content (AvgIpc) is 2.87. The number of benzene rings is 2. The van der Waals surface area contributed by atoms with Crippen molar-refractivity contribution in [3.63, 3.8) is 0 Å². The molecular formula is C25H28N4O3. The van der Waals surface area contributed by atoms with Crippen molar-refractivity contribution < 1.29 is 14.3 Å². The highest BCUT2D eigenvalue weighted by molar-refractivity contribution is 5.94. The Morgan fingerprint density at radius 2 is 1.97 bits per heavy atom. The lowest BCUT2D eigenvalue weighted by atomic mass is 10.0. The number of aromatic nitrogens is 1. The van der Waals surface area contributed by atoms with Crippen molar-refractivity contribution in [3.05, 3.63) is 83.6 Å². The molecule has 1 aliphatic rings. The van der Waals surface area contributed by atoms with Gasteiger partial charge in [-0.15, -0.1) is 0 Å². The summed E-state index contributed by atoms with van der Waals surface area (Å²) in [5, 5.41) is 6.53. The van der Waals surface area contributed by atoms with Gasteiger partial charge in [0, 0.05) is 49.5 Å². The Kier molecular flexibility index (Phi) is 6.87. The number of hydrogen-bond donors (Lipinski definition) is 2. The van der Waals surface area contributed by atoms with E-state index in [4.69, 9.17) is 9.47 Å². The maximum Gasteiger partial charge on any atom is 0.251 e. The molecule has 4 rings (SSSR count). The van der Waals surface area contributed by atoms with E-state index in [0.717, 1.165) is 31.0 Å². The monoisotopic (exact) mass is 432 g/mol. The van der Waals surface area contributed by atoms with E-state index in [2.05, 4.69) is 44.8 Å². The predicted molar refractivity (Wildman–Crippen MR) is 124 cm³/mol. The highest BCUT2D eigenvalue weighted by Gasteiger charge is 2.22. The number of carbonyl (C=O) groups is 1. The SMILES string of the molecule is COc1ccc(OC)c(CNC(=O)c2ccnc(N3CCNC(c4ccccc4)C3)c2)c1. The molecule has 1 amide bonds. The Morgan fingerprint density at radius 3 is 2.75 bits per heavy atom. The van der Waals surface area contributed by atoms with Crippen molar-refractivity contribution in [2.45, 2.75) is 12.6 Å². The Hall–Kier alpha value is -3.58. The first-order chi connectivity index (χ1) is 15.7. The molecule has 1 saturated heterocycles. The third-order valence-corrected chi connectivity index (χ3v) is 5.64. The number of methoxy groups -OCH3 is 2. The van der Waals surface area contributed by atoms with Gasteiger partial charge >= 0.3 is 0 Å². The number of amides is 1. The Bertz CT molecular complexity index is 1060. The fourth-order valence-electron chi connectivity index (χ4n) is 3.90. The van der Waals surface area contributed by atoms with Gasteiger partial charge in [-0.1, -0.05) is 30.3 Å². The second kappa shape index (κ2) is 10.2. The zero-order valence-electron chi connectivity index (χ0n) is 18.4. The molecule has 1 fully saturated rings. The number of pyridine rings is 1. The van der Waals surface area contributed by atoms with Gasteiger partial charge in [0.2, 0.25) is 0 Å². The summed E-state index contributed by atoms with van der Waals surface area (Å²) in [6.07, 6.45) is 1.69. The third-order valence-electron chi connectivity index (χ3n) is 5.64. The summed E-state index contributed by atoms with van der Waals surface area (Å²) < 4.78 is 10.7. The third kappa shape index (κ3) is 5.00. The molecule has 2 heterocycles. The molecule has 0 bridgehead atoms. The van der Waals surface area contributed by atoms with Crippen LogP contribution in [0.25, 0.3) is 0 Å². The first-order valence-electron chi connectivity index (χ1n) is 10.7. The number of anilines is 1. The van der Waals surface area contributed by atoms with Gasteiger partial charge in [-0.3, -0.25) is 4.79 Å². The quantitative estimate of drug-likeness (QED) is 0.597. The maximum absolute atomic E-state index is 12.9. The standard InChI is InChI=1S/C25H28N4O3/c1-31-21-8-9-23(32-2)20(14-21)16-28-25(30)19-10-11-27-24(15-19)29-13-12-26-22(17-29)18-6-4-3-5-7-18/h3-11,14-15,22,26H,12-13,16-17H2,1-2H3,(H,28,30). The summed E-state index contributed by atoms with van der Waals surface area (Å²) in [5.74, 6) is 2.06. The van der Waals surface area contributed by atoms with Crippen LogP contribution in [0.4, 0.5) is 5.82 Å². The zero-order valence-corrected chi connectivity index (χ0v) is 18.4. The van der Waals surface area contributed by atoms with Crippen molar-refractivity contribution >= 4 is 11.7 Å². The largest absolute Gasteiger partial charge is 0.497 e. The van der Waals surface area contributed by atoms with Crippen LogP contribution in [0.5, 0.6) is 11.5 Å². The first-order valence-corrected chi connectivity index (χ1v) is 10.7. The number of rotatable bonds is 7. The molecule has 0 aliphatic carbocycles. The molecule has 3 aromatic rings. The average molecular weight is 433 g/mol. The van der Waals surface area contributed by atoms with Crippen LogP contribution in [0.3, 0.4) is 0 Å². The van der Waals surface area contributed by atoms with Gasteiger partial charge in [-0.2, -0.15) is 0 Å². The van der Waals surface area contributed by atoms with E-state index in [1.807, 2.05) is 30.3 Å². The van der Waals surface area contributed by atoms with Gasteiger partial charge < -0.3 is 25.0 Å². The number of hydrogen-bond acceptors (Lipinski definition) is 6. The summed E-state index contributed by atoms with van der Waals surface area (Å²) >= 11 is 0. The lowest BCUT2D eigenvalue weighted by Crippen LogP contribution is -2.46. The van der Waals surface area contributed by atoms with Crippen LogP contribution in [0.2, 0.25) is 0 Å². The van der Waals surface area contributed by atoms with Crippen molar-refractivity contribution in [1.82, 2.24) is 15.6 Å². The van der Waals surface area contributed by atoms with E-state index in [9.17, 15) is 4.79 Å². The second-order valence-electron chi connectivity index (χ2n) is 7.63. The molecule has 1 aromatic heterocycles. The molecule has 7 heteroatoms. The number of ether oxygens (including phenoxy) is 2. The molecule has 1 unspecified atom stereocenters. The molecule has 0 saturated carbocycles. The van der Waals surface area contributed by atoms with E-state index < -0.39 is 0 Å². The molecule has 1 aliphatic heterocycles. The molecule has 2 aromatic carbocycles. The van der Waals surface area contributed by atoms with E-state index in [0.29, 0.717) is 23.6 Å². The number of nitrogens with zero attached hydrogens (tertiary/aromatic N) is 2. The fraction of sp³-hybridized carbons (Fsp3) is 0.280. The van der Waals surface area contributed by atoms with E-state index in [1.54, 1.807) is 26.5 Å². The van der Waals surface area contributed by atoms with Crippen LogP contribution in [0, 0.1) is 0 Å². The molecule has 32 heavy (non-hydrogen) atoms. The summed E-state index contributed by atoms with van der Waals surface area (Å²) in [4.78, 5) is 19.6. The molecule has 166 valence electrons. The van der Waals surface area contributed by atoms with Crippen molar-refractivity contribution in [3.8, 4) is 11.5 Å². The lowest BCUT2D eigenvalue weighted by molar-refractivity contribution is 0.0950. The van der Waals surface area contributed by atoms with Gasteiger partial charge in [-0.05, 0) is 35.9 Å². The number of nitrogens with one attached hydrogen (secondary N) is 2. The van der Waals surface area contributed by atoms with Gasteiger partial charge in [-0.25, -0.2) is 4.98 Å². The fourth-order valence-corrected chi connectivity index (χ4v) is 3.90. The molecule has 0 radical (unpaired) electrons. The van der Waals surface area contributed by atoms with Crippen LogP contribution >= 0.6 is 0 Å². The van der Waals surface area contributed by atoms with Crippen LogP contribution in [0.1, 0.15) is 27.5 Å². The molecule has 1 atom stereocenters. The highest BCUT2D eigenvalue weighted by Crippen LogP contribution is 2.24. The maximum atomic E-state index is 12.9. The van der Waals surface area contributed by atoms with Crippen molar-refractivity contribution in [2.75, 3.05) is 38.8 Å². The topological polar surface area (TPSA) is 75.7 Å². The van der Waals surface area contributed by atoms with Gasteiger partial charge in [0.25, 0.3) is 5.91 Å². The van der Waals surface area contributed by atoms with Gasteiger partial charge in [0.15, 0.2) is 0 Å². The summed E-state index contributed by atoms with van der Waals surface area (Å²) in [6, 6.07) is 19.7. The highest BCUT2D eigenvalue weighted by atomic mass is 16.5. The minimum Gasteiger partial charge on any atom is -0.497 e. The molecule has 0 spiro atoms. The van der Waals surface area contributed by atoms with Crippen LogP contribution in [-0.2, 0) is 6.54 Å². The molecule has 7 nitrogen and oxygen atoms in total. The first kappa shape index (κ1) is 21.6. The Labute approximate surface area is 188 Å². The number of carbonyl (C=O) groups excluding carboxylic acids is 1. The Balaban J connectivity index is 1.44. The smallest absolute Gasteiger partial charge is 0.251 e. The van der Waals surface area contributed by atoms with Crippen LogP contribution in [-0.4, -0.2) is 44.7 Å². The molecular weight excluding hydrogens is 404 g/mol. The minimum absolute atomic E-state index is 0.159. The van der Waals surface area contributed by atoms with Crippen LogP contribution in [0.15, 0.2) is 66.9 Å². The normalized spacial score (nSPS) is 15.8. The van der Waals surface area contributed by atoms with Crippen LogP contribution < -0.4 is 25.0 Å². The summed E-state index contributed by atoms with van der Waals surface area (Å²) in [7, 11) is 3.22. The number of piperazine rings is 1.